The van der Waals surface area contributed by atoms with Gasteiger partial charge in [-0.05, 0) is 61.5 Å². The number of fused-ring (bicyclic) bond motifs is 1. The van der Waals surface area contributed by atoms with Crippen molar-refractivity contribution in [2.45, 2.75) is 19.8 Å². The molecular weight excluding hydrogens is 381 g/mol. The summed E-state index contributed by atoms with van der Waals surface area (Å²) in [5.41, 5.74) is 2.10. The molecular formula is C24H26FN3O2. The zero-order valence-electron chi connectivity index (χ0n) is 17.2. The number of carbonyl (C=O) groups excluding carboxylic acids is 1. The van der Waals surface area contributed by atoms with Crippen molar-refractivity contribution in [1.82, 2.24) is 14.8 Å². The first-order valence-electron chi connectivity index (χ1n) is 10.4. The van der Waals surface area contributed by atoms with Gasteiger partial charge >= 0.3 is 0 Å². The summed E-state index contributed by atoms with van der Waals surface area (Å²) >= 11 is 0. The first-order chi connectivity index (χ1) is 14.5. The van der Waals surface area contributed by atoms with E-state index in [9.17, 15) is 14.0 Å². The van der Waals surface area contributed by atoms with E-state index in [1.54, 1.807) is 6.07 Å². The highest BCUT2D eigenvalue weighted by Crippen LogP contribution is 2.19. The number of H-pyrrole nitrogens is 1. The molecule has 1 fully saturated rings. The Kier molecular flexibility index (Phi) is 5.95. The molecule has 0 aliphatic carbocycles. The van der Waals surface area contributed by atoms with Gasteiger partial charge in [0.2, 0.25) is 0 Å². The van der Waals surface area contributed by atoms with Crippen molar-refractivity contribution in [1.29, 1.82) is 0 Å². The first kappa shape index (κ1) is 20.3. The minimum Gasteiger partial charge on any atom is -0.336 e. The Morgan fingerprint density at radius 2 is 1.80 bits per heavy atom. The maximum Gasteiger partial charge on any atom is 0.259 e. The number of nitrogens with one attached hydrogen (secondary N) is 1. The number of aromatic amines is 1. The molecule has 1 aliphatic rings. The van der Waals surface area contributed by atoms with Gasteiger partial charge in [0, 0.05) is 37.4 Å². The smallest absolute Gasteiger partial charge is 0.259 e. The summed E-state index contributed by atoms with van der Waals surface area (Å²) in [5.74, 6) is -0.391. The molecule has 5 nitrogen and oxygen atoms in total. The highest BCUT2D eigenvalue weighted by atomic mass is 19.1. The van der Waals surface area contributed by atoms with E-state index in [0.717, 1.165) is 62.4 Å². The van der Waals surface area contributed by atoms with Crippen LogP contribution in [0.3, 0.4) is 0 Å². The van der Waals surface area contributed by atoms with Gasteiger partial charge in [0.1, 0.15) is 5.82 Å². The van der Waals surface area contributed by atoms with Crippen molar-refractivity contribution < 1.29 is 9.18 Å². The van der Waals surface area contributed by atoms with Crippen LogP contribution in [0.1, 0.15) is 28.0 Å². The van der Waals surface area contributed by atoms with Crippen molar-refractivity contribution in [3.63, 3.8) is 0 Å². The molecule has 1 N–H and O–H groups in total. The average molecular weight is 407 g/mol. The third kappa shape index (κ3) is 4.28. The van der Waals surface area contributed by atoms with Gasteiger partial charge in [0.15, 0.2) is 0 Å². The van der Waals surface area contributed by atoms with Crippen LogP contribution in [0.25, 0.3) is 10.8 Å². The van der Waals surface area contributed by atoms with E-state index >= 15 is 0 Å². The maximum atomic E-state index is 14.0. The second kappa shape index (κ2) is 8.79. The number of hydrogen-bond acceptors (Lipinski definition) is 3. The van der Waals surface area contributed by atoms with E-state index in [2.05, 4.69) is 9.88 Å². The first-order valence-corrected chi connectivity index (χ1v) is 10.4. The van der Waals surface area contributed by atoms with Crippen LogP contribution in [0.5, 0.6) is 0 Å². The molecule has 0 saturated carbocycles. The summed E-state index contributed by atoms with van der Waals surface area (Å²) in [5, 5.41) is 0.819. The van der Waals surface area contributed by atoms with Gasteiger partial charge in [0.05, 0.1) is 5.39 Å². The number of carbonyl (C=O) groups is 1. The molecule has 1 saturated heterocycles. The lowest BCUT2D eigenvalue weighted by molar-refractivity contribution is 0.0636. The van der Waals surface area contributed by atoms with Crippen molar-refractivity contribution >= 4 is 16.7 Å². The van der Waals surface area contributed by atoms with Crippen LogP contribution in [0.2, 0.25) is 0 Å². The number of aryl methyl sites for hydroxylation is 2. The van der Waals surface area contributed by atoms with Gasteiger partial charge in [-0.1, -0.05) is 24.3 Å². The van der Waals surface area contributed by atoms with Gasteiger partial charge in [0.25, 0.3) is 11.5 Å². The molecule has 2 aromatic carbocycles. The molecule has 156 valence electrons. The monoisotopic (exact) mass is 407 g/mol. The third-order valence-corrected chi connectivity index (χ3v) is 5.83. The zero-order chi connectivity index (χ0) is 21.1. The lowest BCUT2D eigenvalue weighted by Crippen LogP contribution is -2.48. The Labute approximate surface area is 175 Å². The van der Waals surface area contributed by atoms with Crippen LogP contribution in [0, 0.1) is 12.7 Å². The summed E-state index contributed by atoms with van der Waals surface area (Å²) < 4.78 is 14.0. The summed E-state index contributed by atoms with van der Waals surface area (Å²) in [6, 6.07) is 14.3. The molecule has 0 spiro atoms. The topological polar surface area (TPSA) is 56.4 Å². The highest BCUT2D eigenvalue weighted by molar-refractivity contribution is 5.94. The van der Waals surface area contributed by atoms with Gasteiger partial charge in [-0.2, -0.15) is 0 Å². The van der Waals surface area contributed by atoms with E-state index in [4.69, 9.17) is 0 Å². The number of rotatable bonds is 5. The van der Waals surface area contributed by atoms with Crippen molar-refractivity contribution in [2.24, 2.45) is 0 Å². The molecule has 4 rings (SSSR count). The van der Waals surface area contributed by atoms with Crippen LogP contribution >= 0.6 is 0 Å². The number of benzene rings is 2. The Bertz CT molecular complexity index is 1100. The average Bonchev–Trinajstić information content (AvgIpc) is 2.77. The van der Waals surface area contributed by atoms with Gasteiger partial charge in [-0.25, -0.2) is 4.39 Å². The second-order valence-electron chi connectivity index (χ2n) is 7.88. The Morgan fingerprint density at radius 1 is 1.07 bits per heavy atom. The van der Waals surface area contributed by atoms with Gasteiger partial charge < -0.3 is 9.88 Å². The molecule has 0 radical (unpaired) electrons. The number of nitrogens with zero attached hydrogens (tertiary/aromatic N) is 2. The molecule has 0 unspecified atom stereocenters. The summed E-state index contributed by atoms with van der Waals surface area (Å²) in [6.07, 6.45) is 1.62. The predicted octanol–water partition coefficient (Wildman–Crippen LogP) is 3.37. The second-order valence-corrected chi connectivity index (χ2v) is 7.88. The normalized spacial score (nSPS) is 14.9. The Hall–Kier alpha value is -2.99. The van der Waals surface area contributed by atoms with E-state index in [0.29, 0.717) is 5.39 Å². The molecule has 2 heterocycles. The lowest BCUT2D eigenvalue weighted by atomic mass is 10.0. The van der Waals surface area contributed by atoms with Crippen LogP contribution in [0.15, 0.2) is 53.3 Å². The summed E-state index contributed by atoms with van der Waals surface area (Å²) in [7, 11) is 0. The molecule has 30 heavy (non-hydrogen) atoms. The standard InChI is InChI=1S/C24H26FN3O2/c1-17-9-10-21(25)22-20(17)16-19(26-23(22)29)8-5-11-27-12-14-28(15-13-27)24(30)18-6-3-2-4-7-18/h2-4,6-7,9-10,16H,5,8,11-15H2,1H3,(H,26,29). The summed E-state index contributed by atoms with van der Waals surface area (Å²) in [6.45, 7) is 5.92. The quantitative estimate of drug-likeness (QED) is 0.706. The SMILES string of the molecule is Cc1ccc(F)c2c(=O)[nH]c(CCCN3CCN(C(=O)c4ccccc4)CC3)cc12. The van der Waals surface area contributed by atoms with E-state index in [1.807, 2.05) is 48.2 Å². The van der Waals surface area contributed by atoms with Gasteiger partial charge in [-0.15, -0.1) is 0 Å². The number of halogens is 1. The van der Waals surface area contributed by atoms with E-state index < -0.39 is 5.82 Å². The van der Waals surface area contributed by atoms with Crippen LogP contribution in [-0.4, -0.2) is 53.4 Å². The molecule has 1 aliphatic heterocycles. The van der Waals surface area contributed by atoms with Crippen LogP contribution in [-0.2, 0) is 6.42 Å². The van der Waals surface area contributed by atoms with E-state index in [-0.39, 0.29) is 16.9 Å². The molecule has 3 aromatic rings. The zero-order valence-corrected chi connectivity index (χ0v) is 17.2. The van der Waals surface area contributed by atoms with Crippen LogP contribution in [0.4, 0.5) is 4.39 Å². The van der Waals surface area contributed by atoms with Crippen molar-refractivity contribution in [3.05, 3.63) is 81.5 Å². The lowest BCUT2D eigenvalue weighted by Gasteiger charge is -2.34. The summed E-state index contributed by atoms with van der Waals surface area (Å²) in [4.78, 5) is 31.9. The fourth-order valence-electron chi connectivity index (χ4n) is 4.10. The maximum absolute atomic E-state index is 14.0. The number of aromatic nitrogens is 1. The fraction of sp³-hybridized carbons (Fsp3) is 0.333. The third-order valence-electron chi connectivity index (χ3n) is 5.83. The molecule has 0 bridgehead atoms. The fourth-order valence-corrected chi connectivity index (χ4v) is 4.10. The number of hydrogen-bond donors (Lipinski definition) is 1. The Balaban J connectivity index is 1.31. The minimum absolute atomic E-state index is 0.0894. The van der Waals surface area contributed by atoms with E-state index in [1.165, 1.54) is 6.07 Å². The van der Waals surface area contributed by atoms with Crippen molar-refractivity contribution in [3.8, 4) is 0 Å². The molecule has 0 atom stereocenters. The Morgan fingerprint density at radius 3 is 2.53 bits per heavy atom. The predicted molar refractivity (Wildman–Crippen MR) is 116 cm³/mol. The largest absolute Gasteiger partial charge is 0.336 e. The molecule has 1 amide bonds. The minimum atomic E-state index is -0.480. The van der Waals surface area contributed by atoms with Gasteiger partial charge in [-0.3, -0.25) is 14.5 Å². The number of pyridine rings is 1. The molecule has 6 heteroatoms. The number of amides is 1. The molecule has 1 aromatic heterocycles. The highest BCUT2D eigenvalue weighted by Gasteiger charge is 2.21. The van der Waals surface area contributed by atoms with Crippen LogP contribution < -0.4 is 5.56 Å². The van der Waals surface area contributed by atoms with Crippen molar-refractivity contribution in [2.75, 3.05) is 32.7 Å². The number of piperazine rings is 1.